The lowest BCUT2D eigenvalue weighted by atomic mass is 10.2. The molecule has 1 aliphatic carbocycles. The third kappa shape index (κ3) is 4.87. The number of carbonyl (C=O) groups excluding carboxylic acids is 1. The predicted molar refractivity (Wildman–Crippen MR) is 105 cm³/mol. The molecule has 140 valence electrons. The standard InChI is InChI=1S/C20H28N4OS/c1-4-8-14(2)21-19(25)15(3)26-20-23-22-18(17-11-12-17)24(20)13-16-9-6-5-7-10-16/h5-7,9-10,14-15,17H,4,8,11-13H2,1-3H3,(H,21,25). The van der Waals surface area contributed by atoms with Crippen LogP contribution >= 0.6 is 11.8 Å². The fourth-order valence-corrected chi connectivity index (χ4v) is 3.89. The summed E-state index contributed by atoms with van der Waals surface area (Å²) in [6.07, 6.45) is 4.43. The smallest absolute Gasteiger partial charge is 0.233 e. The van der Waals surface area contributed by atoms with Gasteiger partial charge in [0.05, 0.1) is 11.8 Å². The second-order valence-electron chi connectivity index (χ2n) is 7.15. The van der Waals surface area contributed by atoms with Gasteiger partial charge in [0.25, 0.3) is 0 Å². The van der Waals surface area contributed by atoms with Crippen molar-refractivity contribution in [3.63, 3.8) is 0 Å². The number of thioether (sulfide) groups is 1. The second-order valence-corrected chi connectivity index (χ2v) is 8.45. The molecule has 0 spiro atoms. The van der Waals surface area contributed by atoms with E-state index in [1.807, 2.05) is 13.0 Å². The van der Waals surface area contributed by atoms with Crippen LogP contribution in [0.15, 0.2) is 35.5 Å². The van der Waals surface area contributed by atoms with Crippen LogP contribution < -0.4 is 5.32 Å². The molecule has 1 aromatic carbocycles. The van der Waals surface area contributed by atoms with E-state index in [2.05, 4.69) is 58.2 Å². The Morgan fingerprint density at radius 3 is 2.65 bits per heavy atom. The lowest BCUT2D eigenvalue weighted by molar-refractivity contribution is -0.120. The predicted octanol–water partition coefficient (Wildman–Crippen LogP) is 3.99. The zero-order valence-corrected chi connectivity index (χ0v) is 16.6. The fraction of sp³-hybridized carbons (Fsp3) is 0.550. The Kier molecular flexibility index (Phi) is 6.35. The van der Waals surface area contributed by atoms with Gasteiger partial charge in [-0.2, -0.15) is 0 Å². The summed E-state index contributed by atoms with van der Waals surface area (Å²) in [7, 11) is 0. The summed E-state index contributed by atoms with van der Waals surface area (Å²) in [4.78, 5) is 12.5. The number of carbonyl (C=O) groups is 1. The molecule has 1 heterocycles. The Morgan fingerprint density at radius 1 is 1.27 bits per heavy atom. The van der Waals surface area contributed by atoms with E-state index in [9.17, 15) is 4.79 Å². The number of nitrogens with one attached hydrogen (secondary N) is 1. The zero-order chi connectivity index (χ0) is 18.5. The maximum Gasteiger partial charge on any atom is 0.233 e. The van der Waals surface area contributed by atoms with Crippen molar-refractivity contribution in [3.05, 3.63) is 41.7 Å². The first kappa shape index (κ1) is 19.0. The van der Waals surface area contributed by atoms with Crippen LogP contribution in [0.3, 0.4) is 0 Å². The van der Waals surface area contributed by atoms with E-state index in [4.69, 9.17) is 0 Å². The lowest BCUT2D eigenvalue weighted by Gasteiger charge is -2.17. The van der Waals surface area contributed by atoms with Crippen LogP contribution in [0, 0.1) is 0 Å². The van der Waals surface area contributed by atoms with Crippen LogP contribution in [-0.2, 0) is 11.3 Å². The van der Waals surface area contributed by atoms with Gasteiger partial charge < -0.3 is 9.88 Å². The summed E-state index contributed by atoms with van der Waals surface area (Å²) in [6.45, 7) is 6.88. The van der Waals surface area contributed by atoms with Crippen molar-refractivity contribution < 1.29 is 4.79 Å². The number of nitrogens with zero attached hydrogens (tertiary/aromatic N) is 3. The SMILES string of the molecule is CCCC(C)NC(=O)C(C)Sc1nnc(C2CC2)n1Cc1ccccc1. The Hall–Kier alpha value is -1.82. The number of hydrogen-bond donors (Lipinski definition) is 1. The first-order valence-electron chi connectivity index (χ1n) is 9.52. The van der Waals surface area contributed by atoms with Crippen molar-refractivity contribution in [2.75, 3.05) is 0 Å². The molecule has 2 aromatic rings. The molecule has 1 aromatic heterocycles. The first-order chi connectivity index (χ1) is 12.6. The Balaban J connectivity index is 1.72. The van der Waals surface area contributed by atoms with Gasteiger partial charge in [-0.25, -0.2) is 0 Å². The van der Waals surface area contributed by atoms with Crippen molar-refractivity contribution in [1.82, 2.24) is 20.1 Å². The number of aromatic nitrogens is 3. The van der Waals surface area contributed by atoms with Gasteiger partial charge in [0.1, 0.15) is 5.82 Å². The molecule has 2 atom stereocenters. The highest BCUT2D eigenvalue weighted by Crippen LogP contribution is 2.40. The van der Waals surface area contributed by atoms with Gasteiger partial charge in [0.2, 0.25) is 5.91 Å². The summed E-state index contributed by atoms with van der Waals surface area (Å²) in [5.41, 5.74) is 1.23. The summed E-state index contributed by atoms with van der Waals surface area (Å²) in [5, 5.41) is 12.6. The molecule has 0 bridgehead atoms. The molecule has 2 unspecified atom stereocenters. The van der Waals surface area contributed by atoms with E-state index in [1.165, 1.54) is 30.2 Å². The van der Waals surface area contributed by atoms with Crippen LogP contribution in [0.2, 0.25) is 0 Å². The molecule has 26 heavy (non-hydrogen) atoms. The van der Waals surface area contributed by atoms with E-state index in [0.717, 1.165) is 30.4 Å². The molecule has 1 amide bonds. The number of amides is 1. The summed E-state index contributed by atoms with van der Waals surface area (Å²) < 4.78 is 2.19. The van der Waals surface area contributed by atoms with Crippen molar-refractivity contribution in [2.45, 2.75) is 75.4 Å². The van der Waals surface area contributed by atoms with Crippen molar-refractivity contribution >= 4 is 17.7 Å². The van der Waals surface area contributed by atoms with Crippen LogP contribution in [0.5, 0.6) is 0 Å². The van der Waals surface area contributed by atoms with Crippen LogP contribution in [-0.4, -0.2) is 32.0 Å². The number of hydrogen-bond acceptors (Lipinski definition) is 4. The Morgan fingerprint density at radius 2 is 2.00 bits per heavy atom. The Bertz CT molecular complexity index is 727. The summed E-state index contributed by atoms with van der Waals surface area (Å²) in [5.74, 6) is 1.65. The van der Waals surface area contributed by atoms with Crippen LogP contribution in [0.4, 0.5) is 0 Å². The molecule has 5 nitrogen and oxygen atoms in total. The van der Waals surface area contributed by atoms with Gasteiger partial charge in [-0.15, -0.1) is 10.2 Å². The minimum atomic E-state index is -0.194. The van der Waals surface area contributed by atoms with E-state index < -0.39 is 0 Å². The normalized spacial score (nSPS) is 16.3. The number of benzene rings is 1. The number of rotatable bonds is 9. The van der Waals surface area contributed by atoms with E-state index >= 15 is 0 Å². The maximum atomic E-state index is 12.5. The highest BCUT2D eigenvalue weighted by Gasteiger charge is 2.31. The van der Waals surface area contributed by atoms with Crippen LogP contribution in [0.25, 0.3) is 0 Å². The monoisotopic (exact) mass is 372 g/mol. The first-order valence-corrected chi connectivity index (χ1v) is 10.4. The van der Waals surface area contributed by atoms with E-state index in [-0.39, 0.29) is 17.2 Å². The van der Waals surface area contributed by atoms with Gasteiger partial charge in [0, 0.05) is 12.0 Å². The molecule has 1 N–H and O–H groups in total. The van der Waals surface area contributed by atoms with Crippen molar-refractivity contribution in [3.8, 4) is 0 Å². The molecule has 0 saturated heterocycles. The van der Waals surface area contributed by atoms with Gasteiger partial charge >= 0.3 is 0 Å². The molecule has 6 heteroatoms. The second kappa shape index (κ2) is 8.71. The average molecular weight is 373 g/mol. The fourth-order valence-electron chi connectivity index (χ4n) is 3.02. The Labute approximate surface area is 160 Å². The minimum absolute atomic E-state index is 0.0678. The van der Waals surface area contributed by atoms with Gasteiger partial charge in [0.15, 0.2) is 5.16 Å². The highest BCUT2D eigenvalue weighted by atomic mass is 32.2. The largest absolute Gasteiger partial charge is 0.353 e. The summed E-state index contributed by atoms with van der Waals surface area (Å²) in [6, 6.07) is 10.6. The lowest BCUT2D eigenvalue weighted by Crippen LogP contribution is -2.37. The molecule has 3 rings (SSSR count). The van der Waals surface area contributed by atoms with Gasteiger partial charge in [-0.1, -0.05) is 55.4 Å². The van der Waals surface area contributed by atoms with E-state index in [0.29, 0.717) is 5.92 Å². The molecular weight excluding hydrogens is 344 g/mol. The third-order valence-corrected chi connectivity index (χ3v) is 5.71. The summed E-state index contributed by atoms with van der Waals surface area (Å²) >= 11 is 1.50. The van der Waals surface area contributed by atoms with Crippen molar-refractivity contribution in [1.29, 1.82) is 0 Å². The highest BCUT2D eigenvalue weighted by molar-refractivity contribution is 8.00. The average Bonchev–Trinajstić information content (AvgIpc) is 3.40. The van der Waals surface area contributed by atoms with Gasteiger partial charge in [-0.3, -0.25) is 4.79 Å². The van der Waals surface area contributed by atoms with Crippen LogP contribution in [0.1, 0.15) is 63.8 Å². The zero-order valence-electron chi connectivity index (χ0n) is 15.8. The molecule has 0 aliphatic heterocycles. The molecule has 1 saturated carbocycles. The molecule has 1 fully saturated rings. The molecule has 1 aliphatic rings. The third-order valence-electron chi connectivity index (χ3n) is 4.63. The topological polar surface area (TPSA) is 59.8 Å². The minimum Gasteiger partial charge on any atom is -0.353 e. The molecule has 0 radical (unpaired) electrons. The van der Waals surface area contributed by atoms with Crippen molar-refractivity contribution in [2.24, 2.45) is 0 Å². The van der Waals surface area contributed by atoms with E-state index in [1.54, 1.807) is 0 Å². The van der Waals surface area contributed by atoms with Gasteiger partial charge in [-0.05, 0) is 38.7 Å². The quantitative estimate of drug-likeness (QED) is 0.676. The molecular formula is C20H28N4OS. The maximum absolute atomic E-state index is 12.5.